The standard InChI is InChI=1S/C21H16N4OS/c22-10-14-6-8-16(9-7-14)17-13-27-21(24-17)19-18(26)12-25(20(19)23)11-15-4-2-1-3-5-15/h1-9,13,23,26H,11-12H2. The summed E-state index contributed by atoms with van der Waals surface area (Å²) in [6, 6.07) is 19.2. The zero-order chi connectivity index (χ0) is 18.8. The Labute approximate surface area is 161 Å². The first-order chi connectivity index (χ1) is 13.2. The molecule has 2 heterocycles. The molecule has 2 N–H and O–H groups in total. The third-order valence-corrected chi connectivity index (χ3v) is 5.29. The Bertz CT molecular complexity index is 1060. The molecule has 1 aromatic heterocycles. The number of aliphatic hydroxyl groups is 1. The van der Waals surface area contributed by atoms with Crippen LogP contribution >= 0.6 is 11.3 Å². The molecule has 1 aliphatic heterocycles. The SMILES string of the molecule is N#Cc1ccc(-c2csc(C3=C(O)CN(Cc4ccccc4)C3=N)n2)cc1. The Balaban J connectivity index is 1.56. The Morgan fingerprint density at radius 2 is 1.89 bits per heavy atom. The number of benzene rings is 2. The largest absolute Gasteiger partial charge is 0.510 e. The van der Waals surface area contributed by atoms with Crippen LogP contribution in [-0.2, 0) is 6.54 Å². The Morgan fingerprint density at radius 1 is 1.15 bits per heavy atom. The van der Waals surface area contributed by atoms with Crippen molar-refractivity contribution in [3.05, 3.63) is 81.9 Å². The highest BCUT2D eigenvalue weighted by Gasteiger charge is 2.30. The summed E-state index contributed by atoms with van der Waals surface area (Å²) in [6.07, 6.45) is 0. The lowest BCUT2D eigenvalue weighted by atomic mass is 10.1. The van der Waals surface area contributed by atoms with Crippen LogP contribution in [0, 0.1) is 16.7 Å². The van der Waals surface area contributed by atoms with Crippen LogP contribution in [0.2, 0.25) is 0 Å². The van der Waals surface area contributed by atoms with Crippen LogP contribution in [0.1, 0.15) is 16.1 Å². The molecule has 27 heavy (non-hydrogen) atoms. The predicted octanol–water partition coefficient (Wildman–Crippen LogP) is 4.44. The van der Waals surface area contributed by atoms with Crippen molar-refractivity contribution in [2.24, 2.45) is 0 Å². The molecule has 2 aromatic carbocycles. The van der Waals surface area contributed by atoms with E-state index < -0.39 is 0 Å². The predicted molar refractivity (Wildman–Crippen MR) is 106 cm³/mol. The normalized spacial score (nSPS) is 13.9. The molecule has 0 bridgehead atoms. The number of nitrogens with one attached hydrogen (secondary N) is 1. The molecule has 0 spiro atoms. The molecule has 0 radical (unpaired) electrons. The van der Waals surface area contributed by atoms with E-state index in [0.29, 0.717) is 29.2 Å². The van der Waals surface area contributed by atoms with Gasteiger partial charge in [0.1, 0.15) is 16.6 Å². The van der Waals surface area contributed by atoms with Gasteiger partial charge >= 0.3 is 0 Å². The Morgan fingerprint density at radius 3 is 2.59 bits per heavy atom. The molecule has 0 fully saturated rings. The number of nitriles is 1. The number of amidine groups is 1. The molecule has 132 valence electrons. The van der Waals surface area contributed by atoms with Crippen molar-refractivity contribution in [2.75, 3.05) is 6.54 Å². The van der Waals surface area contributed by atoms with Gasteiger partial charge in [0, 0.05) is 17.5 Å². The van der Waals surface area contributed by atoms with Crippen LogP contribution in [0.15, 0.2) is 65.7 Å². The number of rotatable bonds is 4. The van der Waals surface area contributed by atoms with Crippen molar-refractivity contribution in [1.29, 1.82) is 10.7 Å². The van der Waals surface area contributed by atoms with E-state index in [-0.39, 0.29) is 11.6 Å². The van der Waals surface area contributed by atoms with Gasteiger partial charge < -0.3 is 10.0 Å². The third-order valence-electron chi connectivity index (χ3n) is 4.43. The second-order valence-corrected chi connectivity index (χ2v) is 7.10. The molecule has 0 amide bonds. The molecule has 0 aliphatic carbocycles. The van der Waals surface area contributed by atoms with Crippen LogP contribution in [-0.4, -0.2) is 27.4 Å². The van der Waals surface area contributed by atoms with Gasteiger partial charge in [0.05, 0.1) is 29.4 Å². The van der Waals surface area contributed by atoms with Gasteiger partial charge in [-0.25, -0.2) is 4.98 Å². The Kier molecular flexibility index (Phi) is 4.45. The van der Waals surface area contributed by atoms with E-state index in [4.69, 9.17) is 10.7 Å². The summed E-state index contributed by atoms with van der Waals surface area (Å²) >= 11 is 1.41. The maximum absolute atomic E-state index is 10.4. The number of aromatic nitrogens is 1. The van der Waals surface area contributed by atoms with Crippen LogP contribution in [0.25, 0.3) is 16.8 Å². The van der Waals surface area contributed by atoms with Crippen molar-refractivity contribution in [2.45, 2.75) is 6.54 Å². The monoisotopic (exact) mass is 372 g/mol. The molecular formula is C21H16N4OS. The summed E-state index contributed by atoms with van der Waals surface area (Å²) in [6.45, 7) is 0.885. The highest BCUT2D eigenvalue weighted by molar-refractivity contribution is 7.11. The number of hydrogen-bond acceptors (Lipinski definition) is 5. The van der Waals surface area contributed by atoms with Gasteiger partial charge in [-0.05, 0) is 17.7 Å². The van der Waals surface area contributed by atoms with Gasteiger partial charge in [-0.2, -0.15) is 5.26 Å². The summed E-state index contributed by atoms with van der Waals surface area (Å²) in [4.78, 5) is 6.45. The van der Waals surface area contributed by atoms with E-state index in [1.54, 1.807) is 12.1 Å². The molecule has 6 heteroatoms. The number of nitrogens with zero attached hydrogens (tertiary/aromatic N) is 3. The van der Waals surface area contributed by atoms with E-state index in [0.717, 1.165) is 16.8 Å². The summed E-state index contributed by atoms with van der Waals surface area (Å²) < 4.78 is 0. The fraction of sp³-hybridized carbons (Fsp3) is 0.0952. The maximum Gasteiger partial charge on any atom is 0.135 e. The van der Waals surface area contributed by atoms with Crippen molar-refractivity contribution < 1.29 is 5.11 Å². The number of thiazole rings is 1. The summed E-state index contributed by atoms with van der Waals surface area (Å²) in [5.41, 5.74) is 3.87. The summed E-state index contributed by atoms with van der Waals surface area (Å²) in [5.74, 6) is 0.466. The number of aliphatic hydroxyl groups excluding tert-OH is 1. The topological polar surface area (TPSA) is 84.0 Å². The van der Waals surface area contributed by atoms with Crippen LogP contribution in [0.3, 0.4) is 0 Å². The van der Waals surface area contributed by atoms with Gasteiger partial charge in [-0.15, -0.1) is 11.3 Å². The second-order valence-electron chi connectivity index (χ2n) is 6.24. The minimum atomic E-state index is 0.177. The lowest BCUT2D eigenvalue weighted by Gasteiger charge is -2.18. The molecule has 0 saturated heterocycles. The fourth-order valence-electron chi connectivity index (χ4n) is 3.03. The van der Waals surface area contributed by atoms with Crippen LogP contribution in [0.5, 0.6) is 0 Å². The van der Waals surface area contributed by atoms with E-state index in [9.17, 15) is 5.11 Å². The first kappa shape index (κ1) is 17.0. The molecular weight excluding hydrogens is 356 g/mol. The van der Waals surface area contributed by atoms with E-state index in [2.05, 4.69) is 11.1 Å². The van der Waals surface area contributed by atoms with Gasteiger partial charge in [0.15, 0.2) is 0 Å². The first-order valence-corrected chi connectivity index (χ1v) is 9.30. The van der Waals surface area contributed by atoms with Crippen LogP contribution in [0.4, 0.5) is 0 Å². The Hall–Kier alpha value is -3.43. The van der Waals surface area contributed by atoms with E-state index in [1.807, 2.05) is 52.7 Å². The number of hydrogen-bond donors (Lipinski definition) is 2. The lowest BCUT2D eigenvalue weighted by Crippen LogP contribution is -2.25. The molecule has 1 aliphatic rings. The summed E-state index contributed by atoms with van der Waals surface area (Å²) in [5, 5.41) is 30.4. The minimum Gasteiger partial charge on any atom is -0.510 e. The quantitative estimate of drug-likeness (QED) is 0.709. The third kappa shape index (κ3) is 3.33. The lowest BCUT2D eigenvalue weighted by molar-refractivity contribution is 0.347. The highest BCUT2D eigenvalue weighted by Crippen LogP contribution is 2.32. The molecule has 4 rings (SSSR count). The van der Waals surface area contributed by atoms with Gasteiger partial charge in [0.2, 0.25) is 0 Å². The molecule has 0 unspecified atom stereocenters. The second kappa shape index (κ2) is 7.06. The molecule has 5 nitrogen and oxygen atoms in total. The zero-order valence-electron chi connectivity index (χ0n) is 14.4. The van der Waals surface area contributed by atoms with Gasteiger partial charge in [-0.3, -0.25) is 5.41 Å². The van der Waals surface area contributed by atoms with Crippen molar-refractivity contribution in [3.63, 3.8) is 0 Å². The van der Waals surface area contributed by atoms with Crippen molar-refractivity contribution in [1.82, 2.24) is 9.88 Å². The van der Waals surface area contributed by atoms with Gasteiger partial charge in [-0.1, -0.05) is 42.5 Å². The average molecular weight is 372 g/mol. The average Bonchev–Trinajstić information content (AvgIpc) is 3.27. The van der Waals surface area contributed by atoms with E-state index >= 15 is 0 Å². The fourth-order valence-corrected chi connectivity index (χ4v) is 3.93. The van der Waals surface area contributed by atoms with E-state index in [1.165, 1.54) is 11.3 Å². The first-order valence-electron chi connectivity index (χ1n) is 8.42. The van der Waals surface area contributed by atoms with Crippen molar-refractivity contribution >= 4 is 22.7 Å². The van der Waals surface area contributed by atoms with Gasteiger partial charge in [0.25, 0.3) is 0 Å². The maximum atomic E-state index is 10.4. The van der Waals surface area contributed by atoms with Crippen LogP contribution < -0.4 is 0 Å². The molecule has 0 atom stereocenters. The molecule has 0 saturated carbocycles. The smallest absolute Gasteiger partial charge is 0.135 e. The summed E-state index contributed by atoms with van der Waals surface area (Å²) in [7, 11) is 0. The zero-order valence-corrected chi connectivity index (χ0v) is 15.2. The minimum absolute atomic E-state index is 0.177. The van der Waals surface area contributed by atoms with Crippen molar-refractivity contribution in [3.8, 4) is 17.3 Å². The highest BCUT2D eigenvalue weighted by atomic mass is 32.1. The molecule has 3 aromatic rings.